The van der Waals surface area contributed by atoms with Gasteiger partial charge in [-0.25, -0.2) is 13.2 Å². The van der Waals surface area contributed by atoms with Crippen molar-refractivity contribution in [1.29, 1.82) is 0 Å². The molecule has 0 aliphatic carbocycles. The third-order valence-corrected chi connectivity index (χ3v) is 3.86. The molecule has 0 heterocycles. The highest BCUT2D eigenvalue weighted by atomic mass is 35.5. The lowest BCUT2D eigenvalue weighted by molar-refractivity contribution is -0.123. The Hall–Kier alpha value is -2.25. The van der Waals surface area contributed by atoms with Crippen LogP contribution in [-0.2, 0) is 16.0 Å². The number of nitrogens with one attached hydrogen (secondary N) is 2. The topological polar surface area (TPSA) is 58.2 Å². The molecule has 0 aliphatic rings. The molecule has 25 heavy (non-hydrogen) atoms. The Bertz CT molecular complexity index is 811. The lowest BCUT2D eigenvalue weighted by Gasteiger charge is -2.09. The lowest BCUT2D eigenvalue weighted by Crippen LogP contribution is -2.34. The van der Waals surface area contributed by atoms with E-state index in [1.165, 1.54) is 0 Å². The first-order valence-electron chi connectivity index (χ1n) is 6.92. The SMILES string of the molecule is O=C(Cc1c(Cl)cccc1Cl)NCC(=O)Nc1ccc(F)c(F)c1F. The van der Waals surface area contributed by atoms with Crippen LogP contribution < -0.4 is 10.6 Å². The first-order valence-corrected chi connectivity index (χ1v) is 7.68. The van der Waals surface area contributed by atoms with Gasteiger partial charge in [0.1, 0.15) is 0 Å². The highest BCUT2D eigenvalue weighted by Gasteiger charge is 2.16. The van der Waals surface area contributed by atoms with Crippen LogP contribution in [0.25, 0.3) is 0 Å². The maximum absolute atomic E-state index is 13.5. The number of hydrogen-bond acceptors (Lipinski definition) is 2. The largest absolute Gasteiger partial charge is 0.347 e. The zero-order valence-corrected chi connectivity index (χ0v) is 14.0. The molecule has 2 rings (SSSR count). The highest BCUT2D eigenvalue weighted by Crippen LogP contribution is 2.24. The predicted octanol–water partition coefficient (Wildman–Crippen LogP) is 3.71. The van der Waals surface area contributed by atoms with Crippen LogP contribution in [0.1, 0.15) is 5.56 Å². The molecule has 2 amide bonds. The number of rotatable bonds is 5. The van der Waals surface area contributed by atoms with E-state index in [9.17, 15) is 22.8 Å². The average Bonchev–Trinajstić information content (AvgIpc) is 2.57. The quantitative estimate of drug-likeness (QED) is 0.764. The summed E-state index contributed by atoms with van der Waals surface area (Å²) in [4.78, 5) is 23.5. The van der Waals surface area contributed by atoms with Gasteiger partial charge in [-0.1, -0.05) is 29.3 Å². The minimum absolute atomic E-state index is 0.161. The second-order valence-corrected chi connectivity index (χ2v) is 5.74. The molecule has 0 saturated carbocycles. The fourth-order valence-electron chi connectivity index (χ4n) is 1.92. The molecule has 2 aromatic carbocycles. The van der Waals surface area contributed by atoms with Crippen LogP contribution in [-0.4, -0.2) is 18.4 Å². The number of carbonyl (C=O) groups is 2. The third kappa shape index (κ3) is 4.87. The molecule has 0 saturated heterocycles. The summed E-state index contributed by atoms with van der Waals surface area (Å²) >= 11 is 11.9. The summed E-state index contributed by atoms with van der Waals surface area (Å²) in [5.41, 5.74) is -0.136. The van der Waals surface area contributed by atoms with E-state index in [1.54, 1.807) is 18.2 Å². The van der Waals surface area contributed by atoms with E-state index in [1.807, 2.05) is 5.32 Å². The predicted molar refractivity (Wildman–Crippen MR) is 88.1 cm³/mol. The Morgan fingerprint density at radius 1 is 0.920 bits per heavy atom. The van der Waals surface area contributed by atoms with Gasteiger partial charge in [-0.05, 0) is 29.8 Å². The molecule has 0 spiro atoms. The monoisotopic (exact) mass is 390 g/mol. The number of carbonyl (C=O) groups excluding carboxylic acids is 2. The first-order chi connectivity index (χ1) is 11.8. The third-order valence-electron chi connectivity index (χ3n) is 3.15. The van der Waals surface area contributed by atoms with E-state index in [0.29, 0.717) is 21.7 Å². The Kier molecular flexibility index (Phi) is 6.27. The van der Waals surface area contributed by atoms with Crippen molar-refractivity contribution >= 4 is 40.7 Å². The Morgan fingerprint density at radius 3 is 2.20 bits per heavy atom. The molecule has 0 aliphatic heterocycles. The second-order valence-electron chi connectivity index (χ2n) is 4.92. The Morgan fingerprint density at radius 2 is 1.56 bits per heavy atom. The average molecular weight is 391 g/mol. The first kappa shape index (κ1) is 19.1. The van der Waals surface area contributed by atoms with Crippen molar-refractivity contribution in [1.82, 2.24) is 5.32 Å². The number of anilines is 1. The molecule has 0 radical (unpaired) electrons. The Labute approximate surface area is 150 Å². The summed E-state index contributed by atoms with van der Waals surface area (Å²) in [6.07, 6.45) is -0.161. The minimum Gasteiger partial charge on any atom is -0.347 e. The Balaban J connectivity index is 1.92. The molecular formula is C16H11Cl2F3N2O2. The van der Waals surface area contributed by atoms with Crippen molar-refractivity contribution in [2.24, 2.45) is 0 Å². The standard InChI is InChI=1S/C16H11Cl2F3N2O2/c17-9-2-1-3-10(18)8(9)6-13(24)22-7-14(25)23-12-5-4-11(19)15(20)16(12)21/h1-5H,6-7H2,(H,22,24)(H,23,25). The van der Waals surface area contributed by atoms with Gasteiger partial charge < -0.3 is 10.6 Å². The maximum Gasteiger partial charge on any atom is 0.243 e. The van der Waals surface area contributed by atoms with Gasteiger partial charge in [0, 0.05) is 10.0 Å². The molecule has 0 unspecified atom stereocenters. The van der Waals surface area contributed by atoms with E-state index < -0.39 is 41.5 Å². The van der Waals surface area contributed by atoms with E-state index in [2.05, 4.69) is 5.32 Å². The van der Waals surface area contributed by atoms with Gasteiger partial charge in [0.25, 0.3) is 0 Å². The summed E-state index contributed by atoms with van der Waals surface area (Å²) < 4.78 is 39.3. The number of benzene rings is 2. The van der Waals surface area contributed by atoms with E-state index in [0.717, 1.165) is 6.07 Å². The zero-order chi connectivity index (χ0) is 18.6. The summed E-state index contributed by atoms with van der Waals surface area (Å²) in [6.45, 7) is -0.501. The van der Waals surface area contributed by atoms with Crippen LogP contribution in [0.2, 0.25) is 10.0 Å². The normalized spacial score (nSPS) is 10.4. The molecule has 0 aromatic heterocycles. The molecule has 132 valence electrons. The minimum atomic E-state index is -1.70. The van der Waals surface area contributed by atoms with Crippen LogP contribution >= 0.6 is 23.2 Å². The van der Waals surface area contributed by atoms with E-state index >= 15 is 0 Å². The van der Waals surface area contributed by atoms with Crippen molar-refractivity contribution in [3.8, 4) is 0 Å². The molecule has 4 nitrogen and oxygen atoms in total. The second kappa shape index (κ2) is 8.22. The van der Waals surface area contributed by atoms with Crippen LogP contribution in [0.5, 0.6) is 0 Å². The number of amides is 2. The molecule has 0 fully saturated rings. The lowest BCUT2D eigenvalue weighted by atomic mass is 10.1. The number of hydrogen-bond donors (Lipinski definition) is 2. The maximum atomic E-state index is 13.5. The fourth-order valence-corrected chi connectivity index (χ4v) is 2.45. The summed E-state index contributed by atoms with van der Waals surface area (Å²) in [5, 5.41) is 4.93. The van der Waals surface area contributed by atoms with Crippen molar-refractivity contribution < 1.29 is 22.8 Å². The van der Waals surface area contributed by atoms with Gasteiger partial charge >= 0.3 is 0 Å². The molecule has 2 N–H and O–H groups in total. The van der Waals surface area contributed by atoms with Gasteiger partial charge in [0.15, 0.2) is 17.5 Å². The van der Waals surface area contributed by atoms with E-state index in [4.69, 9.17) is 23.2 Å². The summed E-state index contributed by atoms with van der Waals surface area (Å²) in [5.74, 6) is -5.96. The van der Waals surface area contributed by atoms with Crippen molar-refractivity contribution in [3.63, 3.8) is 0 Å². The number of halogens is 5. The highest BCUT2D eigenvalue weighted by molar-refractivity contribution is 6.36. The molecule has 0 atom stereocenters. The van der Waals surface area contributed by atoms with Crippen molar-refractivity contribution in [2.75, 3.05) is 11.9 Å². The van der Waals surface area contributed by atoms with E-state index in [-0.39, 0.29) is 6.42 Å². The molecule has 9 heteroatoms. The van der Waals surface area contributed by atoms with Gasteiger partial charge in [-0.2, -0.15) is 0 Å². The zero-order valence-electron chi connectivity index (χ0n) is 12.5. The van der Waals surface area contributed by atoms with Crippen molar-refractivity contribution in [2.45, 2.75) is 6.42 Å². The molecular weight excluding hydrogens is 380 g/mol. The summed E-state index contributed by atoms with van der Waals surface area (Å²) in [6, 6.07) is 6.29. The molecule has 2 aromatic rings. The molecule has 0 bridgehead atoms. The van der Waals surface area contributed by atoms with Crippen LogP contribution in [0.15, 0.2) is 30.3 Å². The van der Waals surface area contributed by atoms with Gasteiger partial charge in [0.05, 0.1) is 18.7 Å². The van der Waals surface area contributed by atoms with Crippen LogP contribution in [0.4, 0.5) is 18.9 Å². The van der Waals surface area contributed by atoms with Gasteiger partial charge in [-0.15, -0.1) is 0 Å². The van der Waals surface area contributed by atoms with Crippen LogP contribution in [0, 0.1) is 17.5 Å². The van der Waals surface area contributed by atoms with Gasteiger partial charge in [-0.3, -0.25) is 9.59 Å². The summed E-state index contributed by atoms with van der Waals surface area (Å²) in [7, 11) is 0. The van der Waals surface area contributed by atoms with Crippen molar-refractivity contribution in [3.05, 3.63) is 63.4 Å². The van der Waals surface area contributed by atoms with Gasteiger partial charge in [0.2, 0.25) is 11.8 Å². The van der Waals surface area contributed by atoms with Crippen LogP contribution in [0.3, 0.4) is 0 Å². The smallest absolute Gasteiger partial charge is 0.243 e. The fraction of sp³-hybridized carbons (Fsp3) is 0.125.